The van der Waals surface area contributed by atoms with Crippen molar-refractivity contribution in [1.29, 1.82) is 0 Å². The number of aryl methyl sites for hydroxylation is 1. The molecule has 0 amide bonds. The van der Waals surface area contributed by atoms with Gasteiger partial charge in [0.05, 0.1) is 31.9 Å². The third-order valence-electron chi connectivity index (χ3n) is 6.74. The van der Waals surface area contributed by atoms with Crippen molar-refractivity contribution in [2.45, 2.75) is 32.3 Å². The van der Waals surface area contributed by atoms with E-state index in [-0.39, 0.29) is 18.1 Å². The summed E-state index contributed by atoms with van der Waals surface area (Å²) in [6.07, 6.45) is 2.07. The van der Waals surface area contributed by atoms with Gasteiger partial charge in [-0.1, -0.05) is 52.1 Å². The third kappa shape index (κ3) is 5.08. The van der Waals surface area contributed by atoms with Crippen molar-refractivity contribution in [3.05, 3.63) is 98.3 Å². The summed E-state index contributed by atoms with van der Waals surface area (Å²) in [7, 11) is 0. The zero-order valence-corrected chi connectivity index (χ0v) is 23.3. The molecule has 202 valence electrons. The van der Waals surface area contributed by atoms with Gasteiger partial charge in [-0.3, -0.25) is 0 Å². The molecule has 6 rings (SSSR count). The van der Waals surface area contributed by atoms with Gasteiger partial charge in [0.15, 0.2) is 5.75 Å². The van der Waals surface area contributed by atoms with E-state index in [2.05, 4.69) is 10.1 Å². The van der Waals surface area contributed by atoms with Crippen molar-refractivity contribution in [2.24, 2.45) is 0 Å². The Labute approximate surface area is 244 Å². The largest absolute Gasteiger partial charge is 0.489 e. The van der Waals surface area contributed by atoms with Crippen LogP contribution in [-0.2, 0) is 6.61 Å². The Morgan fingerprint density at radius 2 is 1.80 bits per heavy atom. The van der Waals surface area contributed by atoms with Crippen molar-refractivity contribution in [2.75, 3.05) is 0 Å². The first-order valence-corrected chi connectivity index (χ1v) is 13.6. The minimum absolute atomic E-state index is 0.107. The summed E-state index contributed by atoms with van der Waals surface area (Å²) in [6.45, 7) is 1.83. The number of pyridine rings is 1. The fourth-order valence-electron chi connectivity index (χ4n) is 4.58. The summed E-state index contributed by atoms with van der Waals surface area (Å²) in [6, 6.07) is 17.4. The summed E-state index contributed by atoms with van der Waals surface area (Å²) in [5.41, 5.74) is 2.47. The summed E-state index contributed by atoms with van der Waals surface area (Å²) >= 11 is 19.4. The number of aromatic carboxylic acids is 1. The van der Waals surface area contributed by atoms with E-state index in [1.807, 2.05) is 24.3 Å². The Morgan fingerprint density at radius 3 is 2.50 bits per heavy atom. The zero-order chi connectivity index (χ0) is 28.0. The predicted octanol–water partition coefficient (Wildman–Crippen LogP) is 9.11. The highest BCUT2D eigenvalue weighted by Crippen LogP contribution is 2.46. The third-order valence-corrected chi connectivity index (χ3v) is 7.67. The highest BCUT2D eigenvalue weighted by Gasteiger charge is 2.33. The molecule has 1 N–H and O–H groups in total. The van der Waals surface area contributed by atoms with Gasteiger partial charge >= 0.3 is 5.97 Å². The normalized spacial score (nSPS) is 13.0. The van der Waals surface area contributed by atoms with Crippen molar-refractivity contribution < 1.29 is 23.9 Å². The number of carboxylic acids is 1. The lowest BCUT2D eigenvalue weighted by Crippen LogP contribution is -2.02. The van der Waals surface area contributed by atoms with Gasteiger partial charge in [0, 0.05) is 22.9 Å². The number of benzene rings is 3. The predicted molar refractivity (Wildman–Crippen MR) is 153 cm³/mol. The Morgan fingerprint density at radius 1 is 1.02 bits per heavy atom. The van der Waals surface area contributed by atoms with E-state index < -0.39 is 5.97 Å². The highest BCUT2D eigenvalue weighted by atomic mass is 35.5. The van der Waals surface area contributed by atoms with E-state index in [1.54, 1.807) is 31.2 Å². The average molecular weight is 596 g/mol. The van der Waals surface area contributed by atoms with Crippen LogP contribution in [0.15, 0.2) is 65.2 Å². The molecule has 1 aliphatic rings. The standard InChI is InChI=1S/C30H21Cl3N2O5/c1-15-19(30(36)37)10-12-25(34-15)39-29-20-9-8-18(13-17(20)7-11-24(29)33)38-14-21-27(35-40-28(21)16-5-6-16)26-22(31)3-2-4-23(26)32/h2-4,7-13,16H,5-6,14H2,1H3,(H,36,37). The first kappa shape index (κ1) is 26.4. The first-order chi connectivity index (χ1) is 19.3. The Hall–Kier alpha value is -3.78. The molecule has 40 heavy (non-hydrogen) atoms. The molecule has 10 heteroatoms. The van der Waals surface area contributed by atoms with Crippen LogP contribution in [0.5, 0.6) is 17.4 Å². The molecule has 0 aliphatic heterocycles. The van der Waals surface area contributed by atoms with E-state index in [0.717, 1.165) is 34.9 Å². The van der Waals surface area contributed by atoms with Crippen LogP contribution in [0.25, 0.3) is 22.0 Å². The van der Waals surface area contributed by atoms with Gasteiger partial charge in [0.2, 0.25) is 5.88 Å². The Kier molecular flexibility index (Phi) is 7.04. The molecular formula is C30H21Cl3N2O5. The lowest BCUT2D eigenvalue weighted by atomic mass is 10.0. The van der Waals surface area contributed by atoms with Crippen molar-refractivity contribution >= 4 is 51.5 Å². The zero-order valence-electron chi connectivity index (χ0n) is 21.1. The first-order valence-electron chi connectivity index (χ1n) is 12.5. The lowest BCUT2D eigenvalue weighted by Gasteiger charge is -2.13. The topological polar surface area (TPSA) is 94.7 Å². The molecular weight excluding hydrogens is 575 g/mol. The lowest BCUT2D eigenvalue weighted by molar-refractivity contribution is 0.0695. The van der Waals surface area contributed by atoms with Crippen molar-refractivity contribution in [3.8, 4) is 28.6 Å². The second kappa shape index (κ2) is 10.7. The quantitative estimate of drug-likeness (QED) is 0.191. The van der Waals surface area contributed by atoms with Crippen LogP contribution < -0.4 is 9.47 Å². The number of aromatic nitrogens is 2. The fourth-order valence-corrected chi connectivity index (χ4v) is 5.36. The van der Waals surface area contributed by atoms with E-state index in [4.69, 9.17) is 48.8 Å². The molecule has 5 aromatic rings. The van der Waals surface area contributed by atoms with E-state index in [0.29, 0.717) is 49.4 Å². The van der Waals surface area contributed by atoms with Crippen molar-refractivity contribution in [1.82, 2.24) is 10.1 Å². The van der Waals surface area contributed by atoms with Crippen LogP contribution in [0.3, 0.4) is 0 Å². The molecule has 0 unspecified atom stereocenters. The maximum Gasteiger partial charge on any atom is 0.337 e. The molecule has 1 aliphatic carbocycles. The smallest absolute Gasteiger partial charge is 0.337 e. The molecule has 0 spiro atoms. The number of hydrogen-bond donors (Lipinski definition) is 1. The maximum absolute atomic E-state index is 11.3. The van der Waals surface area contributed by atoms with Gasteiger partial charge in [-0.2, -0.15) is 0 Å². The van der Waals surface area contributed by atoms with Gasteiger partial charge in [-0.15, -0.1) is 0 Å². The minimum Gasteiger partial charge on any atom is -0.489 e. The summed E-state index contributed by atoms with van der Waals surface area (Å²) in [4.78, 5) is 15.6. The minimum atomic E-state index is -1.05. The molecule has 0 radical (unpaired) electrons. The van der Waals surface area contributed by atoms with Gasteiger partial charge in [0.25, 0.3) is 0 Å². The number of halogens is 3. The molecule has 0 saturated heterocycles. The number of rotatable bonds is 8. The maximum atomic E-state index is 11.3. The molecule has 2 aromatic heterocycles. The van der Waals surface area contributed by atoms with Crippen LogP contribution >= 0.6 is 34.8 Å². The number of carboxylic acid groups (broad SMARTS) is 1. The van der Waals surface area contributed by atoms with E-state index in [9.17, 15) is 9.90 Å². The van der Waals surface area contributed by atoms with Gasteiger partial charge < -0.3 is 19.1 Å². The number of carbonyl (C=O) groups is 1. The monoisotopic (exact) mass is 594 g/mol. The van der Waals surface area contributed by atoms with Gasteiger partial charge in [-0.25, -0.2) is 9.78 Å². The van der Waals surface area contributed by atoms with Crippen LogP contribution in [0.2, 0.25) is 15.1 Å². The molecule has 0 atom stereocenters. The van der Waals surface area contributed by atoms with Crippen LogP contribution in [0, 0.1) is 6.92 Å². The van der Waals surface area contributed by atoms with Crippen LogP contribution in [-0.4, -0.2) is 21.2 Å². The summed E-state index contributed by atoms with van der Waals surface area (Å²) < 4.78 is 18.0. The summed E-state index contributed by atoms with van der Waals surface area (Å²) in [5, 5.41) is 16.5. The molecule has 1 saturated carbocycles. The number of hydrogen-bond acceptors (Lipinski definition) is 6. The summed E-state index contributed by atoms with van der Waals surface area (Å²) in [5.74, 6) is 1.33. The SMILES string of the molecule is Cc1nc(Oc2c(Cl)ccc3cc(OCc4c(-c5c(Cl)cccc5Cl)noc4C4CC4)ccc23)ccc1C(=O)O. The van der Waals surface area contributed by atoms with Gasteiger partial charge in [-0.05, 0) is 67.6 Å². The average Bonchev–Trinajstić information content (AvgIpc) is 3.69. The van der Waals surface area contributed by atoms with Crippen LogP contribution in [0.4, 0.5) is 0 Å². The molecule has 0 bridgehead atoms. The van der Waals surface area contributed by atoms with E-state index in [1.165, 1.54) is 12.1 Å². The highest BCUT2D eigenvalue weighted by molar-refractivity contribution is 6.39. The Bertz CT molecular complexity index is 1760. The molecule has 3 aromatic carbocycles. The number of fused-ring (bicyclic) bond motifs is 1. The Balaban J connectivity index is 1.29. The van der Waals surface area contributed by atoms with Crippen molar-refractivity contribution in [3.63, 3.8) is 0 Å². The van der Waals surface area contributed by atoms with E-state index >= 15 is 0 Å². The molecule has 1 fully saturated rings. The fraction of sp³-hybridized carbons (Fsp3) is 0.167. The van der Waals surface area contributed by atoms with Gasteiger partial charge in [0.1, 0.15) is 23.8 Å². The molecule has 2 heterocycles. The molecule has 7 nitrogen and oxygen atoms in total. The van der Waals surface area contributed by atoms with Crippen LogP contribution in [0.1, 0.15) is 46.1 Å². The second-order valence-electron chi connectivity index (χ2n) is 9.48. The number of nitrogens with zero attached hydrogens (tertiary/aromatic N) is 2. The number of ether oxygens (including phenoxy) is 2. The second-order valence-corrected chi connectivity index (χ2v) is 10.7.